The van der Waals surface area contributed by atoms with Gasteiger partial charge in [0.15, 0.2) is 0 Å². The van der Waals surface area contributed by atoms with E-state index < -0.39 is 5.60 Å². The van der Waals surface area contributed by atoms with Gasteiger partial charge in [-0.05, 0) is 14.0 Å². The van der Waals surface area contributed by atoms with Gasteiger partial charge in [-0.2, -0.15) is 0 Å². The first-order valence-corrected chi connectivity index (χ1v) is 5.04. The lowest BCUT2D eigenvalue weighted by Gasteiger charge is -2.34. The second-order valence-corrected chi connectivity index (χ2v) is 3.94. The van der Waals surface area contributed by atoms with Crippen LogP contribution in [0.15, 0.2) is 0 Å². The highest BCUT2D eigenvalue weighted by atomic mass is 16.5. The Morgan fingerprint density at radius 2 is 2.07 bits per heavy atom. The van der Waals surface area contributed by atoms with Crippen LogP contribution in [0.4, 0.5) is 0 Å². The summed E-state index contributed by atoms with van der Waals surface area (Å²) in [7, 11) is 1.98. The minimum absolute atomic E-state index is 0.567. The van der Waals surface area contributed by atoms with E-state index in [0.717, 1.165) is 19.4 Å². The zero-order valence-corrected chi connectivity index (χ0v) is 9.05. The number of aliphatic hydroxyl groups is 1. The van der Waals surface area contributed by atoms with E-state index in [9.17, 15) is 5.11 Å². The molecule has 0 unspecified atom stereocenters. The molecule has 0 aliphatic carbocycles. The Bertz CT molecular complexity index is 223. The molecular weight excluding hydrogens is 178 g/mol. The van der Waals surface area contributed by atoms with Crippen molar-refractivity contribution < 1.29 is 9.84 Å². The van der Waals surface area contributed by atoms with Gasteiger partial charge in [0.05, 0.1) is 12.1 Å². The summed E-state index contributed by atoms with van der Waals surface area (Å²) in [5, 5.41) is 10.2. The molecule has 1 aliphatic rings. The predicted molar refractivity (Wildman–Crippen MR) is 55.9 cm³/mol. The molecule has 0 spiro atoms. The first-order chi connectivity index (χ1) is 6.66. The van der Waals surface area contributed by atoms with Crippen molar-refractivity contribution in [2.75, 3.05) is 33.4 Å². The van der Waals surface area contributed by atoms with Gasteiger partial charge in [-0.1, -0.05) is 5.92 Å². The van der Waals surface area contributed by atoms with E-state index in [1.807, 2.05) is 14.0 Å². The minimum atomic E-state index is -0.567. The van der Waals surface area contributed by atoms with Crippen molar-refractivity contribution in [2.45, 2.75) is 25.4 Å². The lowest BCUT2D eigenvalue weighted by molar-refractivity contribution is -0.0755. The number of rotatable bonds is 3. The normalized spacial score (nSPS) is 20.3. The van der Waals surface area contributed by atoms with E-state index in [1.165, 1.54) is 0 Å². The molecule has 0 radical (unpaired) electrons. The first-order valence-electron chi connectivity index (χ1n) is 5.04. The lowest BCUT2D eigenvalue weighted by atomic mass is 9.94. The van der Waals surface area contributed by atoms with E-state index >= 15 is 0 Å². The van der Waals surface area contributed by atoms with E-state index in [-0.39, 0.29) is 0 Å². The van der Waals surface area contributed by atoms with Gasteiger partial charge in [-0.25, -0.2) is 0 Å². The van der Waals surface area contributed by atoms with Crippen molar-refractivity contribution in [3.05, 3.63) is 0 Å². The molecule has 0 aromatic carbocycles. The fourth-order valence-corrected chi connectivity index (χ4v) is 1.68. The van der Waals surface area contributed by atoms with Crippen molar-refractivity contribution in [1.29, 1.82) is 0 Å². The van der Waals surface area contributed by atoms with Crippen LogP contribution in [-0.4, -0.2) is 49.0 Å². The van der Waals surface area contributed by atoms with Crippen LogP contribution in [0.1, 0.15) is 19.8 Å². The van der Waals surface area contributed by atoms with Gasteiger partial charge in [0.1, 0.15) is 0 Å². The number of likely N-dealkylation sites (N-methyl/N-ethyl adjacent to an activating group) is 1. The summed E-state index contributed by atoms with van der Waals surface area (Å²) in [6.45, 7) is 4.58. The third kappa shape index (κ3) is 3.67. The zero-order valence-electron chi connectivity index (χ0n) is 9.05. The van der Waals surface area contributed by atoms with Crippen LogP contribution < -0.4 is 0 Å². The Kier molecular flexibility index (Phi) is 4.40. The zero-order chi connectivity index (χ0) is 10.4. The van der Waals surface area contributed by atoms with Crippen molar-refractivity contribution in [2.24, 2.45) is 0 Å². The Morgan fingerprint density at radius 3 is 2.64 bits per heavy atom. The molecule has 1 saturated heterocycles. The molecule has 0 atom stereocenters. The van der Waals surface area contributed by atoms with Crippen molar-refractivity contribution in [3.8, 4) is 11.8 Å². The third-order valence-electron chi connectivity index (χ3n) is 2.51. The molecule has 1 fully saturated rings. The van der Waals surface area contributed by atoms with Crippen molar-refractivity contribution in [1.82, 2.24) is 4.90 Å². The summed E-state index contributed by atoms with van der Waals surface area (Å²) in [6.07, 6.45) is 1.47. The Morgan fingerprint density at radius 1 is 1.43 bits per heavy atom. The molecule has 0 amide bonds. The molecule has 3 heteroatoms. The number of nitrogens with zero attached hydrogens (tertiary/aromatic N) is 1. The topological polar surface area (TPSA) is 32.7 Å². The van der Waals surface area contributed by atoms with Crippen LogP contribution in [0.5, 0.6) is 0 Å². The van der Waals surface area contributed by atoms with Gasteiger partial charge in [-0.15, -0.1) is 5.92 Å². The maximum atomic E-state index is 10.2. The SMILES string of the molecule is CC#CCN(C)CC1(O)CCOCC1. The van der Waals surface area contributed by atoms with Gasteiger partial charge in [0.2, 0.25) is 0 Å². The van der Waals surface area contributed by atoms with Crippen LogP contribution in [0.2, 0.25) is 0 Å². The number of hydrogen-bond acceptors (Lipinski definition) is 3. The predicted octanol–water partition coefficient (Wildman–Crippen LogP) is 0.483. The molecule has 1 heterocycles. The molecule has 3 nitrogen and oxygen atoms in total. The highest BCUT2D eigenvalue weighted by Gasteiger charge is 2.30. The highest BCUT2D eigenvalue weighted by Crippen LogP contribution is 2.20. The molecule has 0 aromatic heterocycles. The Balaban J connectivity index is 2.35. The van der Waals surface area contributed by atoms with E-state index in [1.54, 1.807) is 0 Å². The number of hydrogen-bond donors (Lipinski definition) is 1. The van der Waals surface area contributed by atoms with Crippen molar-refractivity contribution in [3.63, 3.8) is 0 Å². The Hall–Kier alpha value is -0.560. The van der Waals surface area contributed by atoms with Gasteiger partial charge in [0.25, 0.3) is 0 Å². The van der Waals surface area contributed by atoms with Crippen LogP contribution in [0.25, 0.3) is 0 Å². The van der Waals surface area contributed by atoms with Gasteiger partial charge in [-0.3, -0.25) is 4.90 Å². The largest absolute Gasteiger partial charge is 0.388 e. The molecule has 1 aliphatic heterocycles. The third-order valence-corrected chi connectivity index (χ3v) is 2.51. The minimum Gasteiger partial charge on any atom is -0.388 e. The Labute approximate surface area is 86.0 Å². The molecule has 1 rings (SSSR count). The van der Waals surface area contributed by atoms with Crippen LogP contribution in [0.3, 0.4) is 0 Å². The second kappa shape index (κ2) is 5.35. The van der Waals surface area contributed by atoms with Crippen molar-refractivity contribution >= 4 is 0 Å². The van der Waals surface area contributed by atoms with E-state index in [0.29, 0.717) is 19.8 Å². The molecule has 1 N–H and O–H groups in total. The van der Waals surface area contributed by atoms with Gasteiger partial charge >= 0.3 is 0 Å². The maximum Gasteiger partial charge on any atom is 0.0818 e. The summed E-state index contributed by atoms with van der Waals surface area (Å²) in [4.78, 5) is 2.06. The maximum absolute atomic E-state index is 10.2. The summed E-state index contributed by atoms with van der Waals surface area (Å²) < 4.78 is 5.22. The quantitative estimate of drug-likeness (QED) is 0.668. The fourth-order valence-electron chi connectivity index (χ4n) is 1.68. The van der Waals surface area contributed by atoms with E-state index in [4.69, 9.17) is 4.74 Å². The van der Waals surface area contributed by atoms with Gasteiger partial charge < -0.3 is 9.84 Å². The standard InChI is InChI=1S/C11H19NO2/c1-3-4-7-12(2)10-11(13)5-8-14-9-6-11/h13H,5-10H2,1-2H3. The number of ether oxygens (including phenoxy) is 1. The highest BCUT2D eigenvalue weighted by molar-refractivity contribution is 4.98. The first kappa shape index (κ1) is 11.5. The van der Waals surface area contributed by atoms with Gasteiger partial charge in [0, 0.05) is 32.6 Å². The summed E-state index contributed by atoms with van der Waals surface area (Å²) >= 11 is 0. The summed E-state index contributed by atoms with van der Waals surface area (Å²) in [6, 6.07) is 0. The molecular formula is C11H19NO2. The molecule has 80 valence electrons. The summed E-state index contributed by atoms with van der Waals surface area (Å²) in [5.41, 5.74) is -0.567. The van der Waals surface area contributed by atoms with E-state index in [2.05, 4.69) is 16.7 Å². The molecule has 0 aromatic rings. The molecule has 0 bridgehead atoms. The second-order valence-electron chi connectivity index (χ2n) is 3.94. The lowest BCUT2D eigenvalue weighted by Crippen LogP contribution is -2.45. The fraction of sp³-hybridized carbons (Fsp3) is 0.818. The van der Waals surface area contributed by atoms with Crippen LogP contribution in [-0.2, 0) is 4.74 Å². The molecule has 14 heavy (non-hydrogen) atoms. The molecule has 0 saturated carbocycles. The average Bonchev–Trinajstić information content (AvgIpc) is 2.15. The average molecular weight is 197 g/mol. The smallest absolute Gasteiger partial charge is 0.0818 e. The summed E-state index contributed by atoms with van der Waals surface area (Å²) in [5.74, 6) is 5.84. The monoisotopic (exact) mass is 197 g/mol. The van der Waals surface area contributed by atoms with Crippen LogP contribution in [0, 0.1) is 11.8 Å². The van der Waals surface area contributed by atoms with Crippen LogP contribution >= 0.6 is 0 Å².